The molecule has 1 aromatic carbocycles. The normalized spacial score (nSPS) is 21.6. The van der Waals surface area contributed by atoms with Gasteiger partial charge in [-0.05, 0) is 48.8 Å². The zero-order valence-electron chi connectivity index (χ0n) is 16.9. The van der Waals surface area contributed by atoms with Gasteiger partial charge < -0.3 is 15.4 Å². The number of nitrogens with two attached hydrogens (primary N) is 1. The van der Waals surface area contributed by atoms with Crippen molar-refractivity contribution < 1.29 is 18.3 Å². The molecule has 3 N–H and O–H groups in total. The molecular formula is C22H22F3N5O. The van der Waals surface area contributed by atoms with Crippen LogP contribution in [0.15, 0.2) is 30.6 Å². The molecular weight excluding hydrogens is 407 g/mol. The second-order valence-corrected chi connectivity index (χ2v) is 8.15. The summed E-state index contributed by atoms with van der Waals surface area (Å²) >= 11 is 0. The molecule has 0 spiro atoms. The predicted molar refractivity (Wildman–Crippen MR) is 110 cm³/mol. The Morgan fingerprint density at radius 1 is 1.26 bits per heavy atom. The maximum atomic E-state index is 12.8. The van der Waals surface area contributed by atoms with Gasteiger partial charge in [0.05, 0.1) is 18.4 Å². The molecule has 1 fully saturated rings. The first kappa shape index (κ1) is 21.1. The van der Waals surface area contributed by atoms with Crippen molar-refractivity contribution in [3.63, 3.8) is 0 Å². The quantitative estimate of drug-likeness (QED) is 0.606. The molecule has 4 rings (SSSR count). The van der Waals surface area contributed by atoms with E-state index in [1.165, 1.54) is 18.5 Å². The van der Waals surface area contributed by atoms with Gasteiger partial charge in [-0.1, -0.05) is 31.4 Å². The summed E-state index contributed by atoms with van der Waals surface area (Å²) < 4.78 is 40.0. The van der Waals surface area contributed by atoms with Crippen LogP contribution in [0.4, 0.5) is 19.0 Å². The van der Waals surface area contributed by atoms with Gasteiger partial charge in [0.1, 0.15) is 11.1 Å². The van der Waals surface area contributed by atoms with E-state index < -0.39 is 17.3 Å². The van der Waals surface area contributed by atoms with E-state index in [9.17, 15) is 18.3 Å². The Hall–Kier alpha value is -3.12. The summed E-state index contributed by atoms with van der Waals surface area (Å²) in [4.78, 5) is 12.8. The summed E-state index contributed by atoms with van der Waals surface area (Å²) in [6, 6.07) is 4.92. The zero-order chi connectivity index (χ0) is 22.2. The molecule has 9 heteroatoms. The minimum atomic E-state index is -4.38. The fourth-order valence-corrected chi connectivity index (χ4v) is 3.94. The first-order valence-electron chi connectivity index (χ1n) is 10.0. The van der Waals surface area contributed by atoms with Gasteiger partial charge in [0.2, 0.25) is 5.82 Å². The standard InChI is InChI=1S/C22H22F3N5O/c1-14-3-2-9-21(31,11-14)10-8-17-28-19(26)18-20(29-17)30(13-27-18)12-15-4-6-16(7-5-15)22(23,24)25/h4-7,13-14,31H,2-3,9,11-12H2,1H3,(H2,26,28,29). The van der Waals surface area contributed by atoms with Crippen LogP contribution in [0.25, 0.3) is 11.2 Å². The summed E-state index contributed by atoms with van der Waals surface area (Å²) in [6.45, 7) is 2.35. The summed E-state index contributed by atoms with van der Waals surface area (Å²) in [5.41, 5.74) is 5.72. The van der Waals surface area contributed by atoms with Crippen LogP contribution in [0.1, 0.15) is 49.6 Å². The van der Waals surface area contributed by atoms with Gasteiger partial charge in [0, 0.05) is 0 Å². The second-order valence-electron chi connectivity index (χ2n) is 8.15. The van der Waals surface area contributed by atoms with E-state index in [1.54, 1.807) is 4.57 Å². The van der Waals surface area contributed by atoms with E-state index in [2.05, 4.69) is 33.7 Å². The molecule has 2 aromatic heterocycles. The third kappa shape index (κ3) is 4.64. The number of alkyl halides is 3. The van der Waals surface area contributed by atoms with Gasteiger partial charge in [-0.3, -0.25) is 0 Å². The first-order valence-corrected chi connectivity index (χ1v) is 10.0. The molecule has 1 aliphatic carbocycles. The fourth-order valence-electron chi connectivity index (χ4n) is 3.94. The highest BCUT2D eigenvalue weighted by atomic mass is 19.4. The lowest BCUT2D eigenvalue weighted by Gasteiger charge is -2.30. The van der Waals surface area contributed by atoms with E-state index in [1.807, 2.05) is 0 Å². The van der Waals surface area contributed by atoms with Crippen molar-refractivity contribution in [1.82, 2.24) is 19.5 Å². The molecule has 2 atom stereocenters. The van der Waals surface area contributed by atoms with Gasteiger partial charge in [0.25, 0.3) is 0 Å². The molecule has 1 aliphatic rings. The van der Waals surface area contributed by atoms with E-state index in [4.69, 9.17) is 5.73 Å². The highest BCUT2D eigenvalue weighted by molar-refractivity contribution is 5.82. The van der Waals surface area contributed by atoms with Crippen molar-refractivity contribution in [1.29, 1.82) is 0 Å². The van der Waals surface area contributed by atoms with E-state index in [0.29, 0.717) is 35.5 Å². The number of halogens is 3. The Labute approximate surface area is 177 Å². The number of anilines is 1. The first-order chi connectivity index (χ1) is 14.6. The van der Waals surface area contributed by atoms with Crippen molar-refractivity contribution in [3.05, 3.63) is 47.5 Å². The number of hydrogen-bond acceptors (Lipinski definition) is 5. The van der Waals surface area contributed by atoms with Gasteiger partial charge in [-0.2, -0.15) is 13.2 Å². The van der Waals surface area contributed by atoms with Crippen LogP contribution in [0.5, 0.6) is 0 Å². The van der Waals surface area contributed by atoms with E-state index in [-0.39, 0.29) is 18.2 Å². The van der Waals surface area contributed by atoms with Crippen LogP contribution in [-0.4, -0.2) is 30.2 Å². The lowest BCUT2D eigenvalue weighted by molar-refractivity contribution is -0.137. The van der Waals surface area contributed by atoms with Crippen LogP contribution in [0.3, 0.4) is 0 Å². The summed E-state index contributed by atoms with van der Waals surface area (Å²) in [5, 5.41) is 10.7. The number of aliphatic hydroxyl groups is 1. The fraction of sp³-hybridized carbons (Fsp3) is 0.409. The van der Waals surface area contributed by atoms with Crippen molar-refractivity contribution in [2.75, 3.05) is 5.73 Å². The maximum Gasteiger partial charge on any atom is 0.416 e. The SMILES string of the molecule is CC1CCCC(O)(C#Cc2nc(N)c3ncn(Cc4ccc(C(F)(F)F)cc4)c3n2)C1. The molecule has 31 heavy (non-hydrogen) atoms. The van der Waals surface area contributed by atoms with Crippen LogP contribution >= 0.6 is 0 Å². The lowest BCUT2D eigenvalue weighted by atomic mass is 9.79. The highest BCUT2D eigenvalue weighted by Gasteiger charge is 2.31. The molecule has 0 radical (unpaired) electrons. The Morgan fingerprint density at radius 2 is 2.00 bits per heavy atom. The molecule has 1 saturated carbocycles. The topological polar surface area (TPSA) is 89.9 Å². The van der Waals surface area contributed by atoms with Gasteiger partial charge in [-0.15, -0.1) is 0 Å². The van der Waals surface area contributed by atoms with Crippen molar-refractivity contribution in [2.24, 2.45) is 5.92 Å². The van der Waals surface area contributed by atoms with Crippen molar-refractivity contribution in [2.45, 2.75) is 50.9 Å². The average Bonchev–Trinajstić information content (AvgIpc) is 3.09. The van der Waals surface area contributed by atoms with Crippen LogP contribution in [0, 0.1) is 17.8 Å². The zero-order valence-corrected chi connectivity index (χ0v) is 16.9. The summed E-state index contributed by atoms with van der Waals surface area (Å²) in [5.74, 6) is 6.48. The summed E-state index contributed by atoms with van der Waals surface area (Å²) in [7, 11) is 0. The van der Waals surface area contributed by atoms with Gasteiger partial charge >= 0.3 is 6.18 Å². The largest absolute Gasteiger partial charge is 0.416 e. The number of imidazole rings is 1. The van der Waals surface area contributed by atoms with Crippen molar-refractivity contribution in [3.8, 4) is 11.8 Å². The third-order valence-electron chi connectivity index (χ3n) is 5.51. The minimum Gasteiger partial charge on any atom is -0.382 e. The van der Waals surface area contributed by atoms with Gasteiger partial charge in [-0.25, -0.2) is 15.0 Å². The predicted octanol–water partition coefficient (Wildman–Crippen LogP) is 3.77. The second kappa shape index (κ2) is 7.85. The molecule has 3 aromatic rings. The average molecular weight is 429 g/mol. The molecule has 2 heterocycles. The minimum absolute atomic E-state index is 0.157. The molecule has 0 bridgehead atoms. The molecule has 0 amide bonds. The smallest absolute Gasteiger partial charge is 0.382 e. The third-order valence-corrected chi connectivity index (χ3v) is 5.51. The monoisotopic (exact) mass is 429 g/mol. The highest BCUT2D eigenvalue weighted by Crippen LogP contribution is 2.32. The Balaban J connectivity index is 1.62. The number of rotatable bonds is 2. The molecule has 2 unspecified atom stereocenters. The molecule has 162 valence electrons. The number of fused-ring (bicyclic) bond motifs is 1. The number of aromatic nitrogens is 4. The van der Waals surface area contributed by atoms with E-state index in [0.717, 1.165) is 25.0 Å². The number of nitrogen functional groups attached to an aromatic ring is 1. The number of hydrogen-bond donors (Lipinski definition) is 2. The maximum absolute atomic E-state index is 12.8. The van der Waals surface area contributed by atoms with Gasteiger partial charge in [0.15, 0.2) is 11.5 Å². The Kier molecular flexibility index (Phi) is 5.35. The van der Waals surface area contributed by atoms with Crippen LogP contribution < -0.4 is 5.73 Å². The lowest BCUT2D eigenvalue weighted by Crippen LogP contribution is -2.32. The molecule has 6 nitrogen and oxygen atoms in total. The Morgan fingerprint density at radius 3 is 2.68 bits per heavy atom. The van der Waals surface area contributed by atoms with Crippen molar-refractivity contribution >= 4 is 17.0 Å². The van der Waals surface area contributed by atoms with Crippen LogP contribution in [0.2, 0.25) is 0 Å². The summed E-state index contributed by atoms with van der Waals surface area (Å²) in [6.07, 6.45) is 0.324. The number of nitrogens with zero attached hydrogens (tertiary/aromatic N) is 4. The number of benzene rings is 1. The molecule has 0 aliphatic heterocycles. The molecule has 0 saturated heterocycles. The Bertz CT molecular complexity index is 1160. The van der Waals surface area contributed by atoms with E-state index >= 15 is 0 Å². The van der Waals surface area contributed by atoms with Crippen LogP contribution in [-0.2, 0) is 12.7 Å².